The van der Waals surface area contributed by atoms with Gasteiger partial charge in [-0.2, -0.15) is 9.61 Å². The zero-order valence-electron chi connectivity index (χ0n) is 12.2. The summed E-state index contributed by atoms with van der Waals surface area (Å²) in [6, 6.07) is 12.6. The summed E-state index contributed by atoms with van der Waals surface area (Å²) >= 11 is 1.76. The van der Waals surface area contributed by atoms with Crippen LogP contribution < -0.4 is 5.32 Å². The van der Waals surface area contributed by atoms with E-state index < -0.39 is 0 Å². The maximum atomic E-state index is 4.55. The van der Waals surface area contributed by atoms with Gasteiger partial charge in [0.05, 0.1) is 6.20 Å². The minimum absolute atomic E-state index is 0.774. The fourth-order valence-corrected chi connectivity index (χ4v) is 2.73. The molecular formula is C16H18N4S. The Morgan fingerprint density at radius 1 is 1.24 bits per heavy atom. The van der Waals surface area contributed by atoms with Gasteiger partial charge in [-0.15, -0.1) is 11.8 Å². The van der Waals surface area contributed by atoms with Gasteiger partial charge in [-0.1, -0.05) is 19.1 Å². The molecule has 108 valence electrons. The molecule has 0 aliphatic carbocycles. The molecular weight excluding hydrogens is 280 g/mol. The summed E-state index contributed by atoms with van der Waals surface area (Å²) in [5.41, 5.74) is 3.22. The molecule has 0 unspecified atom stereocenters. The molecule has 0 aliphatic heterocycles. The summed E-state index contributed by atoms with van der Waals surface area (Å²) < 4.78 is 1.84. The van der Waals surface area contributed by atoms with E-state index in [0.717, 1.165) is 30.1 Å². The van der Waals surface area contributed by atoms with Crippen molar-refractivity contribution in [2.75, 3.05) is 11.6 Å². The fraction of sp³-hybridized carbons (Fsp3) is 0.250. The van der Waals surface area contributed by atoms with Crippen molar-refractivity contribution >= 4 is 23.2 Å². The molecule has 0 bridgehead atoms. The smallest absolute Gasteiger partial charge is 0.157 e. The third-order valence-electron chi connectivity index (χ3n) is 3.38. The Morgan fingerprint density at radius 3 is 2.95 bits per heavy atom. The van der Waals surface area contributed by atoms with E-state index in [1.165, 1.54) is 10.5 Å². The second kappa shape index (κ2) is 6.18. The Morgan fingerprint density at radius 2 is 2.14 bits per heavy atom. The number of anilines is 1. The Balaban J connectivity index is 1.85. The van der Waals surface area contributed by atoms with Crippen molar-refractivity contribution in [3.05, 3.63) is 53.9 Å². The van der Waals surface area contributed by atoms with E-state index in [9.17, 15) is 0 Å². The van der Waals surface area contributed by atoms with E-state index in [-0.39, 0.29) is 0 Å². The molecule has 0 saturated carbocycles. The Labute approximate surface area is 128 Å². The van der Waals surface area contributed by atoms with Crippen molar-refractivity contribution in [3.63, 3.8) is 0 Å². The lowest BCUT2D eigenvalue weighted by molar-refractivity contribution is 0.902. The summed E-state index contributed by atoms with van der Waals surface area (Å²) in [6.07, 6.45) is 4.79. The number of rotatable bonds is 5. The first kappa shape index (κ1) is 13.9. The molecule has 5 heteroatoms. The molecule has 3 rings (SSSR count). The average Bonchev–Trinajstić information content (AvgIpc) is 3.01. The van der Waals surface area contributed by atoms with Crippen LogP contribution in [0, 0.1) is 0 Å². The highest BCUT2D eigenvalue weighted by molar-refractivity contribution is 7.98. The molecule has 0 atom stereocenters. The molecule has 0 saturated heterocycles. The highest BCUT2D eigenvalue weighted by Crippen LogP contribution is 2.18. The van der Waals surface area contributed by atoms with Gasteiger partial charge in [0, 0.05) is 29.3 Å². The summed E-state index contributed by atoms with van der Waals surface area (Å²) in [5.74, 6) is 0.983. The predicted molar refractivity (Wildman–Crippen MR) is 87.9 cm³/mol. The Hall–Kier alpha value is -2.01. The zero-order chi connectivity index (χ0) is 14.7. The molecule has 1 N–H and O–H groups in total. The van der Waals surface area contributed by atoms with Crippen LogP contribution in [0.25, 0.3) is 5.65 Å². The minimum Gasteiger partial charge on any atom is -0.366 e. The molecule has 0 spiro atoms. The van der Waals surface area contributed by atoms with Gasteiger partial charge in [-0.25, -0.2) is 4.98 Å². The molecule has 2 heterocycles. The molecule has 0 fully saturated rings. The Kier molecular flexibility index (Phi) is 4.10. The van der Waals surface area contributed by atoms with Gasteiger partial charge in [-0.05, 0) is 30.4 Å². The van der Waals surface area contributed by atoms with E-state index in [4.69, 9.17) is 0 Å². The van der Waals surface area contributed by atoms with Crippen LogP contribution in [0.3, 0.4) is 0 Å². The number of nitrogens with one attached hydrogen (secondary N) is 1. The lowest BCUT2D eigenvalue weighted by Crippen LogP contribution is -2.07. The first-order valence-electron chi connectivity index (χ1n) is 7.00. The van der Waals surface area contributed by atoms with Crippen molar-refractivity contribution in [3.8, 4) is 0 Å². The molecule has 3 aromatic rings. The summed E-state index contributed by atoms with van der Waals surface area (Å²) in [6.45, 7) is 2.89. The number of thioether (sulfide) groups is 1. The highest BCUT2D eigenvalue weighted by Gasteiger charge is 2.05. The molecule has 0 amide bonds. The fourth-order valence-electron chi connectivity index (χ4n) is 2.25. The van der Waals surface area contributed by atoms with E-state index in [1.807, 2.05) is 10.6 Å². The third-order valence-corrected chi connectivity index (χ3v) is 4.11. The van der Waals surface area contributed by atoms with Crippen LogP contribution in [-0.2, 0) is 13.0 Å². The average molecular weight is 298 g/mol. The normalized spacial score (nSPS) is 11.0. The second-order valence-corrected chi connectivity index (χ2v) is 5.67. The van der Waals surface area contributed by atoms with Gasteiger partial charge in [0.15, 0.2) is 5.65 Å². The van der Waals surface area contributed by atoms with Crippen LogP contribution in [0.1, 0.15) is 18.2 Å². The van der Waals surface area contributed by atoms with Crippen LogP contribution in [0.2, 0.25) is 0 Å². The second-order valence-electron chi connectivity index (χ2n) is 4.79. The maximum Gasteiger partial charge on any atom is 0.157 e. The summed E-state index contributed by atoms with van der Waals surface area (Å²) in [5, 5.41) is 7.79. The number of hydrogen-bond acceptors (Lipinski definition) is 4. The van der Waals surface area contributed by atoms with Crippen molar-refractivity contribution in [1.82, 2.24) is 14.6 Å². The lowest BCUT2D eigenvalue weighted by Gasteiger charge is -2.10. The standard InChI is InChI=1S/C16H18N4S/c1-3-13-10-16(20-15(19-13)7-8-18-20)17-11-12-5-4-6-14(9-12)21-2/h4-10,17H,3,11H2,1-2H3. The van der Waals surface area contributed by atoms with Gasteiger partial charge in [0.2, 0.25) is 0 Å². The van der Waals surface area contributed by atoms with Crippen LogP contribution in [-0.4, -0.2) is 20.9 Å². The van der Waals surface area contributed by atoms with E-state index >= 15 is 0 Å². The number of fused-ring (bicyclic) bond motifs is 1. The molecule has 2 aromatic heterocycles. The zero-order valence-corrected chi connectivity index (χ0v) is 13.0. The lowest BCUT2D eigenvalue weighted by atomic mass is 10.2. The topological polar surface area (TPSA) is 42.2 Å². The molecule has 1 aromatic carbocycles. The number of aromatic nitrogens is 3. The van der Waals surface area contributed by atoms with Crippen molar-refractivity contribution in [2.45, 2.75) is 24.8 Å². The first-order chi connectivity index (χ1) is 10.3. The van der Waals surface area contributed by atoms with Gasteiger partial charge in [-0.3, -0.25) is 0 Å². The van der Waals surface area contributed by atoms with Crippen molar-refractivity contribution < 1.29 is 0 Å². The summed E-state index contributed by atoms with van der Waals surface area (Å²) in [4.78, 5) is 5.83. The van der Waals surface area contributed by atoms with Crippen LogP contribution in [0.5, 0.6) is 0 Å². The molecule has 0 radical (unpaired) electrons. The third kappa shape index (κ3) is 3.03. The van der Waals surface area contributed by atoms with Gasteiger partial charge in [0.25, 0.3) is 0 Å². The van der Waals surface area contributed by atoms with Gasteiger partial charge in [0.1, 0.15) is 5.82 Å². The predicted octanol–water partition coefficient (Wildman–Crippen LogP) is 3.63. The van der Waals surface area contributed by atoms with E-state index in [0.29, 0.717) is 0 Å². The highest BCUT2D eigenvalue weighted by atomic mass is 32.2. The molecule has 0 aliphatic rings. The number of hydrogen-bond donors (Lipinski definition) is 1. The largest absolute Gasteiger partial charge is 0.366 e. The van der Waals surface area contributed by atoms with Crippen LogP contribution >= 0.6 is 11.8 Å². The van der Waals surface area contributed by atoms with Crippen molar-refractivity contribution in [1.29, 1.82) is 0 Å². The van der Waals surface area contributed by atoms with Gasteiger partial charge < -0.3 is 5.32 Å². The number of nitrogens with zero attached hydrogens (tertiary/aromatic N) is 3. The van der Waals surface area contributed by atoms with Crippen LogP contribution in [0.4, 0.5) is 5.82 Å². The summed E-state index contributed by atoms with van der Waals surface area (Å²) in [7, 11) is 0. The monoisotopic (exact) mass is 298 g/mol. The SMILES string of the molecule is CCc1cc(NCc2cccc(SC)c2)n2nccc2n1. The van der Waals surface area contributed by atoms with E-state index in [2.05, 4.69) is 58.9 Å². The number of benzene rings is 1. The van der Waals surface area contributed by atoms with E-state index in [1.54, 1.807) is 18.0 Å². The molecule has 21 heavy (non-hydrogen) atoms. The van der Waals surface area contributed by atoms with Crippen molar-refractivity contribution in [2.24, 2.45) is 0 Å². The van der Waals surface area contributed by atoms with Gasteiger partial charge >= 0.3 is 0 Å². The van der Waals surface area contributed by atoms with Crippen LogP contribution in [0.15, 0.2) is 47.5 Å². The maximum absolute atomic E-state index is 4.55. The quantitative estimate of drug-likeness (QED) is 0.730. The minimum atomic E-state index is 0.774. The first-order valence-corrected chi connectivity index (χ1v) is 8.23. The number of aryl methyl sites for hydroxylation is 1. The molecule has 4 nitrogen and oxygen atoms in total. The Bertz CT molecular complexity index is 751.